The van der Waals surface area contributed by atoms with E-state index in [0.717, 1.165) is 41.8 Å². The molecular weight excluding hydrogens is 314 g/mol. The van der Waals surface area contributed by atoms with Crippen molar-refractivity contribution in [3.05, 3.63) is 52.3 Å². The number of carbonyl (C=O) groups is 1. The quantitative estimate of drug-likeness (QED) is 0.845. The Morgan fingerprint density at radius 3 is 2.80 bits per heavy atom. The van der Waals surface area contributed by atoms with Gasteiger partial charge < -0.3 is 10.4 Å². The van der Waals surface area contributed by atoms with Gasteiger partial charge in [0.25, 0.3) is 0 Å². The summed E-state index contributed by atoms with van der Waals surface area (Å²) in [5.74, 6) is -0.0600. The van der Waals surface area contributed by atoms with Gasteiger partial charge in [-0.05, 0) is 36.8 Å². The highest BCUT2D eigenvalue weighted by Gasteiger charge is 2.36. The molecule has 0 bridgehead atoms. The molecule has 2 aromatic rings. The summed E-state index contributed by atoms with van der Waals surface area (Å²) in [4.78, 5) is 12.5. The van der Waals surface area contributed by atoms with Crippen LogP contribution in [0.3, 0.4) is 0 Å². The Morgan fingerprint density at radius 2 is 2.08 bits per heavy atom. The van der Waals surface area contributed by atoms with Gasteiger partial charge in [0.15, 0.2) is 0 Å². The molecule has 1 atom stereocenters. The Kier molecular flexibility index (Phi) is 4.95. The molecule has 0 saturated carbocycles. The van der Waals surface area contributed by atoms with Gasteiger partial charge in [0, 0.05) is 18.3 Å². The Balaban J connectivity index is 1.69. The van der Waals surface area contributed by atoms with Crippen molar-refractivity contribution >= 4 is 5.91 Å². The average molecular weight is 341 g/mol. The number of fused-ring (bicyclic) bond motifs is 1. The minimum absolute atomic E-state index is 0.0600. The summed E-state index contributed by atoms with van der Waals surface area (Å²) >= 11 is 0. The first-order valence-electron chi connectivity index (χ1n) is 9.09. The third-order valence-corrected chi connectivity index (χ3v) is 5.27. The molecule has 0 radical (unpaired) electrons. The molecule has 5 heteroatoms. The standard InChI is InChI=1S/C20H27N3O2/c1-4-17-15(18(5-2)23(3)22-17)12-19(24)21-13-20(25)11-10-14-8-6-7-9-16(14)20/h6-9,25H,4-5,10-13H2,1-3H3,(H,21,24)/t20-/m1/s1. The number of rotatable bonds is 6. The van der Waals surface area contributed by atoms with Gasteiger partial charge in [-0.2, -0.15) is 5.10 Å². The number of nitrogens with one attached hydrogen (secondary N) is 1. The van der Waals surface area contributed by atoms with E-state index in [0.29, 0.717) is 12.8 Å². The van der Waals surface area contributed by atoms with E-state index in [1.165, 1.54) is 5.56 Å². The molecule has 1 aromatic carbocycles. The van der Waals surface area contributed by atoms with Gasteiger partial charge in [0.05, 0.1) is 18.7 Å². The predicted octanol–water partition coefficient (Wildman–Crippen LogP) is 2.04. The van der Waals surface area contributed by atoms with Crippen molar-refractivity contribution in [2.75, 3.05) is 6.54 Å². The number of hydrogen-bond acceptors (Lipinski definition) is 3. The van der Waals surface area contributed by atoms with Crippen LogP contribution >= 0.6 is 0 Å². The first kappa shape index (κ1) is 17.7. The van der Waals surface area contributed by atoms with E-state index in [4.69, 9.17) is 0 Å². The van der Waals surface area contributed by atoms with Crippen molar-refractivity contribution in [2.24, 2.45) is 7.05 Å². The van der Waals surface area contributed by atoms with Crippen LogP contribution in [0.2, 0.25) is 0 Å². The first-order chi connectivity index (χ1) is 12.0. The maximum atomic E-state index is 12.5. The van der Waals surface area contributed by atoms with Crippen LogP contribution in [0.15, 0.2) is 24.3 Å². The maximum absolute atomic E-state index is 12.5. The molecule has 0 spiro atoms. The van der Waals surface area contributed by atoms with E-state index < -0.39 is 5.60 Å². The second-order valence-electron chi connectivity index (χ2n) is 6.84. The number of benzene rings is 1. The molecule has 25 heavy (non-hydrogen) atoms. The lowest BCUT2D eigenvalue weighted by Gasteiger charge is -2.24. The molecule has 1 amide bonds. The highest BCUT2D eigenvalue weighted by atomic mass is 16.3. The fourth-order valence-electron chi connectivity index (χ4n) is 3.91. The summed E-state index contributed by atoms with van der Waals surface area (Å²) < 4.78 is 1.88. The largest absolute Gasteiger partial charge is 0.383 e. The van der Waals surface area contributed by atoms with E-state index in [9.17, 15) is 9.90 Å². The van der Waals surface area contributed by atoms with Crippen LogP contribution in [0.5, 0.6) is 0 Å². The summed E-state index contributed by atoms with van der Waals surface area (Å²) in [6.45, 7) is 4.39. The van der Waals surface area contributed by atoms with Gasteiger partial charge in [-0.3, -0.25) is 9.48 Å². The minimum Gasteiger partial charge on any atom is -0.383 e. The molecule has 0 unspecified atom stereocenters. The van der Waals surface area contributed by atoms with Gasteiger partial charge in [-0.1, -0.05) is 38.1 Å². The van der Waals surface area contributed by atoms with E-state index in [-0.39, 0.29) is 12.5 Å². The van der Waals surface area contributed by atoms with Crippen LogP contribution in [-0.2, 0) is 43.1 Å². The topological polar surface area (TPSA) is 67.2 Å². The van der Waals surface area contributed by atoms with Crippen molar-refractivity contribution in [3.8, 4) is 0 Å². The van der Waals surface area contributed by atoms with E-state index in [2.05, 4.69) is 24.3 Å². The fraction of sp³-hybridized carbons (Fsp3) is 0.500. The minimum atomic E-state index is -0.956. The van der Waals surface area contributed by atoms with Crippen molar-refractivity contribution in [1.82, 2.24) is 15.1 Å². The summed E-state index contributed by atoms with van der Waals surface area (Å²) in [5.41, 5.74) is 4.29. The van der Waals surface area contributed by atoms with Crippen LogP contribution < -0.4 is 5.32 Å². The number of aromatic nitrogens is 2. The molecular formula is C20H27N3O2. The smallest absolute Gasteiger partial charge is 0.224 e. The van der Waals surface area contributed by atoms with Crippen LogP contribution in [0.25, 0.3) is 0 Å². The van der Waals surface area contributed by atoms with Crippen LogP contribution in [-0.4, -0.2) is 27.3 Å². The van der Waals surface area contributed by atoms with Gasteiger partial charge in [0.2, 0.25) is 5.91 Å². The zero-order chi connectivity index (χ0) is 18.0. The lowest BCUT2D eigenvalue weighted by atomic mass is 9.96. The Bertz CT molecular complexity index is 781. The van der Waals surface area contributed by atoms with E-state index >= 15 is 0 Å². The second kappa shape index (κ2) is 7.00. The first-order valence-corrected chi connectivity index (χ1v) is 9.09. The molecule has 1 aromatic heterocycles. The monoisotopic (exact) mass is 341 g/mol. The van der Waals surface area contributed by atoms with E-state index in [1.807, 2.05) is 36.0 Å². The van der Waals surface area contributed by atoms with Crippen LogP contribution in [0.1, 0.15) is 48.3 Å². The second-order valence-corrected chi connectivity index (χ2v) is 6.84. The zero-order valence-electron chi connectivity index (χ0n) is 15.3. The number of nitrogens with zero attached hydrogens (tertiary/aromatic N) is 2. The number of aliphatic hydroxyl groups is 1. The number of aryl methyl sites for hydroxylation is 3. The summed E-state index contributed by atoms with van der Waals surface area (Å²) in [6, 6.07) is 7.93. The summed E-state index contributed by atoms with van der Waals surface area (Å²) in [5, 5.41) is 18.4. The third kappa shape index (κ3) is 3.33. The molecule has 0 aliphatic heterocycles. The predicted molar refractivity (Wildman–Crippen MR) is 97.3 cm³/mol. The lowest BCUT2D eigenvalue weighted by molar-refractivity contribution is -0.121. The summed E-state index contributed by atoms with van der Waals surface area (Å²) in [6.07, 6.45) is 3.49. The molecule has 2 N–H and O–H groups in total. The molecule has 0 saturated heterocycles. The highest BCUT2D eigenvalue weighted by Crippen LogP contribution is 2.36. The normalized spacial score (nSPS) is 19.0. The van der Waals surface area contributed by atoms with Crippen LogP contribution in [0.4, 0.5) is 0 Å². The number of hydrogen-bond donors (Lipinski definition) is 2. The zero-order valence-corrected chi connectivity index (χ0v) is 15.3. The Hall–Kier alpha value is -2.14. The molecule has 0 fully saturated rings. The SMILES string of the molecule is CCc1nn(C)c(CC)c1CC(=O)NC[C@]1(O)CCc2ccccc21. The van der Waals surface area contributed by atoms with E-state index in [1.54, 1.807) is 0 Å². The molecule has 3 rings (SSSR count). The van der Waals surface area contributed by atoms with Crippen molar-refractivity contribution in [2.45, 2.75) is 51.6 Å². The number of amides is 1. The molecule has 1 aliphatic rings. The fourth-order valence-corrected chi connectivity index (χ4v) is 3.91. The van der Waals surface area contributed by atoms with Crippen molar-refractivity contribution < 1.29 is 9.90 Å². The Morgan fingerprint density at radius 1 is 1.32 bits per heavy atom. The number of carbonyl (C=O) groups excluding carboxylic acids is 1. The average Bonchev–Trinajstić information content (AvgIpc) is 3.11. The van der Waals surface area contributed by atoms with Crippen molar-refractivity contribution in [1.29, 1.82) is 0 Å². The van der Waals surface area contributed by atoms with Crippen LogP contribution in [0, 0.1) is 0 Å². The summed E-state index contributed by atoms with van der Waals surface area (Å²) in [7, 11) is 1.93. The van der Waals surface area contributed by atoms with Gasteiger partial charge >= 0.3 is 0 Å². The molecule has 134 valence electrons. The lowest BCUT2D eigenvalue weighted by Crippen LogP contribution is -2.40. The third-order valence-electron chi connectivity index (χ3n) is 5.27. The Labute approximate surface area is 149 Å². The van der Waals surface area contributed by atoms with Gasteiger partial charge in [-0.15, -0.1) is 0 Å². The molecule has 5 nitrogen and oxygen atoms in total. The van der Waals surface area contributed by atoms with Gasteiger partial charge in [-0.25, -0.2) is 0 Å². The highest BCUT2D eigenvalue weighted by molar-refractivity contribution is 5.79. The van der Waals surface area contributed by atoms with Gasteiger partial charge in [0.1, 0.15) is 5.60 Å². The van der Waals surface area contributed by atoms with Crippen molar-refractivity contribution in [3.63, 3.8) is 0 Å². The molecule has 1 aliphatic carbocycles. The maximum Gasteiger partial charge on any atom is 0.224 e. The molecule has 1 heterocycles.